The number of aromatic hydroxyl groups is 1. The van der Waals surface area contributed by atoms with Crippen LogP contribution in [-0.4, -0.2) is 55.2 Å². The van der Waals surface area contributed by atoms with Gasteiger partial charge in [-0.3, -0.25) is 9.69 Å². The highest BCUT2D eigenvalue weighted by Gasteiger charge is 2.12. The van der Waals surface area contributed by atoms with Crippen LogP contribution in [0.15, 0.2) is 18.2 Å². The van der Waals surface area contributed by atoms with E-state index in [4.69, 9.17) is 0 Å². The van der Waals surface area contributed by atoms with Crippen LogP contribution in [0.5, 0.6) is 5.75 Å². The average Bonchev–Trinajstić information content (AvgIpc) is 2.39. The van der Waals surface area contributed by atoms with Crippen molar-refractivity contribution in [3.05, 3.63) is 29.3 Å². The fourth-order valence-electron chi connectivity index (χ4n) is 2.19. The molecular weight excluding hydrogens is 242 g/mol. The van der Waals surface area contributed by atoms with Gasteiger partial charge in [-0.1, -0.05) is 6.07 Å². The second kappa shape index (κ2) is 6.54. The number of phenols is 1. The molecular formula is C14H21N3O2. The van der Waals surface area contributed by atoms with Gasteiger partial charge in [0, 0.05) is 39.3 Å². The summed E-state index contributed by atoms with van der Waals surface area (Å²) in [6, 6.07) is 5.08. The summed E-state index contributed by atoms with van der Waals surface area (Å²) in [5.41, 5.74) is 1.28. The minimum atomic E-state index is -0.215. The van der Waals surface area contributed by atoms with Crippen LogP contribution in [-0.2, 0) is 0 Å². The zero-order chi connectivity index (χ0) is 13.7. The molecule has 0 saturated carbocycles. The Bertz CT molecular complexity index is 442. The van der Waals surface area contributed by atoms with Gasteiger partial charge in [0.1, 0.15) is 5.75 Å². The van der Waals surface area contributed by atoms with Crippen molar-refractivity contribution in [3.8, 4) is 5.75 Å². The Balaban J connectivity index is 1.80. The van der Waals surface area contributed by atoms with Gasteiger partial charge in [0.15, 0.2) is 0 Å². The summed E-state index contributed by atoms with van der Waals surface area (Å²) < 4.78 is 0. The minimum absolute atomic E-state index is 0.0414. The lowest BCUT2D eigenvalue weighted by Crippen LogP contribution is -2.46. The quantitative estimate of drug-likeness (QED) is 0.733. The number of nitrogens with one attached hydrogen (secondary N) is 2. The summed E-state index contributed by atoms with van der Waals surface area (Å²) in [5.74, 6) is -0.174. The van der Waals surface area contributed by atoms with Crippen LogP contribution in [0.4, 0.5) is 0 Å². The van der Waals surface area contributed by atoms with Gasteiger partial charge in [-0.05, 0) is 24.6 Å². The van der Waals surface area contributed by atoms with Crippen LogP contribution < -0.4 is 10.6 Å². The number of aryl methyl sites for hydroxylation is 1. The lowest BCUT2D eigenvalue weighted by Gasteiger charge is -2.27. The fourth-order valence-corrected chi connectivity index (χ4v) is 2.19. The van der Waals surface area contributed by atoms with Crippen molar-refractivity contribution >= 4 is 5.91 Å². The first-order valence-electron chi connectivity index (χ1n) is 6.68. The number of nitrogens with zero attached hydrogens (tertiary/aromatic N) is 1. The second-order valence-corrected chi connectivity index (χ2v) is 4.87. The molecule has 0 aliphatic carbocycles. The van der Waals surface area contributed by atoms with Crippen LogP contribution in [0.1, 0.15) is 15.9 Å². The summed E-state index contributed by atoms with van der Waals surface area (Å²) in [6.45, 7) is 7.38. The van der Waals surface area contributed by atoms with Gasteiger partial charge >= 0.3 is 0 Å². The monoisotopic (exact) mass is 263 g/mol. The van der Waals surface area contributed by atoms with Crippen LogP contribution in [0.25, 0.3) is 0 Å². The zero-order valence-corrected chi connectivity index (χ0v) is 11.3. The maximum Gasteiger partial charge on any atom is 0.255 e. The second-order valence-electron chi connectivity index (χ2n) is 4.87. The van der Waals surface area contributed by atoms with Gasteiger partial charge < -0.3 is 15.7 Å². The molecule has 1 saturated heterocycles. The number of piperazine rings is 1. The van der Waals surface area contributed by atoms with E-state index in [1.807, 2.05) is 13.0 Å². The smallest absolute Gasteiger partial charge is 0.255 e. The van der Waals surface area contributed by atoms with E-state index in [1.54, 1.807) is 12.1 Å². The molecule has 19 heavy (non-hydrogen) atoms. The van der Waals surface area contributed by atoms with Crippen LogP contribution in [0.2, 0.25) is 0 Å². The first kappa shape index (κ1) is 13.8. The molecule has 1 fully saturated rings. The van der Waals surface area contributed by atoms with Crippen LogP contribution >= 0.6 is 0 Å². The van der Waals surface area contributed by atoms with Crippen LogP contribution in [0.3, 0.4) is 0 Å². The molecule has 1 amide bonds. The van der Waals surface area contributed by atoms with Crippen molar-refractivity contribution in [2.24, 2.45) is 0 Å². The number of benzene rings is 1. The molecule has 1 heterocycles. The summed E-state index contributed by atoms with van der Waals surface area (Å²) in [7, 11) is 0. The van der Waals surface area contributed by atoms with Crippen molar-refractivity contribution in [3.63, 3.8) is 0 Å². The molecule has 0 spiro atoms. The predicted molar refractivity (Wildman–Crippen MR) is 74.5 cm³/mol. The van der Waals surface area contributed by atoms with Crippen molar-refractivity contribution in [1.29, 1.82) is 0 Å². The maximum atomic E-state index is 11.9. The van der Waals surface area contributed by atoms with E-state index < -0.39 is 0 Å². The summed E-state index contributed by atoms with van der Waals surface area (Å²) in [6.07, 6.45) is 0. The molecule has 2 rings (SSSR count). The molecule has 1 aliphatic heterocycles. The molecule has 3 N–H and O–H groups in total. The van der Waals surface area contributed by atoms with Crippen molar-refractivity contribution in [2.75, 3.05) is 39.3 Å². The summed E-state index contributed by atoms with van der Waals surface area (Å²) in [5, 5.41) is 15.9. The topological polar surface area (TPSA) is 64.6 Å². The Kier molecular flexibility index (Phi) is 4.76. The highest BCUT2D eigenvalue weighted by Crippen LogP contribution is 2.17. The molecule has 0 bridgehead atoms. The van der Waals surface area contributed by atoms with Crippen molar-refractivity contribution < 1.29 is 9.90 Å². The van der Waals surface area contributed by atoms with E-state index in [1.165, 1.54) is 0 Å². The molecule has 0 unspecified atom stereocenters. The van der Waals surface area contributed by atoms with Gasteiger partial charge in [-0.25, -0.2) is 0 Å². The zero-order valence-electron chi connectivity index (χ0n) is 11.3. The predicted octanol–water partition coefficient (Wildman–Crippen LogP) is 0.336. The molecule has 1 aromatic rings. The number of hydrogen-bond acceptors (Lipinski definition) is 4. The molecule has 0 radical (unpaired) electrons. The van der Waals surface area contributed by atoms with Gasteiger partial charge in [-0.15, -0.1) is 0 Å². The van der Waals surface area contributed by atoms with E-state index in [0.717, 1.165) is 38.3 Å². The van der Waals surface area contributed by atoms with Crippen molar-refractivity contribution in [1.82, 2.24) is 15.5 Å². The highest BCUT2D eigenvalue weighted by atomic mass is 16.3. The Morgan fingerprint density at radius 2 is 2.16 bits per heavy atom. The Morgan fingerprint density at radius 1 is 1.42 bits per heavy atom. The Labute approximate surface area is 113 Å². The van der Waals surface area contributed by atoms with Crippen molar-refractivity contribution in [2.45, 2.75) is 6.92 Å². The number of amides is 1. The van der Waals surface area contributed by atoms with E-state index in [0.29, 0.717) is 12.1 Å². The third kappa shape index (κ3) is 3.94. The SMILES string of the molecule is Cc1ccc(C(=O)NCCN2CCNCC2)c(O)c1. The van der Waals surface area contributed by atoms with E-state index >= 15 is 0 Å². The molecule has 0 atom stereocenters. The first-order valence-corrected chi connectivity index (χ1v) is 6.68. The van der Waals surface area contributed by atoms with Gasteiger partial charge in [0.25, 0.3) is 5.91 Å². The minimum Gasteiger partial charge on any atom is -0.507 e. The lowest BCUT2D eigenvalue weighted by atomic mass is 10.1. The summed E-state index contributed by atoms with van der Waals surface area (Å²) >= 11 is 0. The maximum absolute atomic E-state index is 11.9. The Morgan fingerprint density at radius 3 is 2.84 bits per heavy atom. The number of carbonyl (C=O) groups excluding carboxylic acids is 1. The molecule has 1 aliphatic rings. The third-order valence-corrected chi connectivity index (χ3v) is 3.32. The van der Waals surface area contributed by atoms with Gasteiger partial charge in [0.2, 0.25) is 0 Å². The van der Waals surface area contributed by atoms with E-state index in [-0.39, 0.29) is 11.7 Å². The molecule has 104 valence electrons. The number of hydrogen-bond donors (Lipinski definition) is 3. The standard InChI is InChI=1S/C14H21N3O2/c1-11-2-3-12(13(18)10-11)14(19)16-6-9-17-7-4-15-5-8-17/h2-3,10,15,18H,4-9H2,1H3,(H,16,19). The molecule has 0 aromatic heterocycles. The van der Waals surface area contributed by atoms with Gasteiger partial charge in [-0.2, -0.15) is 0 Å². The highest BCUT2D eigenvalue weighted by molar-refractivity contribution is 5.96. The average molecular weight is 263 g/mol. The normalized spacial score (nSPS) is 16.3. The molecule has 1 aromatic carbocycles. The third-order valence-electron chi connectivity index (χ3n) is 3.32. The van der Waals surface area contributed by atoms with Gasteiger partial charge in [0.05, 0.1) is 5.56 Å². The fraction of sp³-hybridized carbons (Fsp3) is 0.500. The molecule has 5 heteroatoms. The largest absolute Gasteiger partial charge is 0.507 e. The van der Waals surface area contributed by atoms with E-state index in [9.17, 15) is 9.90 Å². The Hall–Kier alpha value is -1.59. The summed E-state index contributed by atoms with van der Waals surface area (Å²) in [4.78, 5) is 14.2. The number of phenolic OH excluding ortho intramolecular Hbond substituents is 1. The molecule has 5 nitrogen and oxygen atoms in total. The van der Waals surface area contributed by atoms with Crippen LogP contribution in [0, 0.1) is 6.92 Å². The van der Waals surface area contributed by atoms with E-state index in [2.05, 4.69) is 15.5 Å². The number of carbonyl (C=O) groups is 1. The number of rotatable bonds is 4. The lowest BCUT2D eigenvalue weighted by molar-refractivity contribution is 0.0944. The first-order chi connectivity index (χ1) is 9.16.